The van der Waals surface area contributed by atoms with Crippen molar-refractivity contribution in [2.75, 3.05) is 13.6 Å². The predicted octanol–water partition coefficient (Wildman–Crippen LogP) is 0.676. The van der Waals surface area contributed by atoms with Gasteiger partial charge in [-0.3, -0.25) is 10.1 Å². The summed E-state index contributed by atoms with van der Waals surface area (Å²) in [4.78, 5) is 10.9. The van der Waals surface area contributed by atoms with Gasteiger partial charge in [-0.1, -0.05) is 0 Å². The van der Waals surface area contributed by atoms with E-state index in [1.54, 1.807) is 13.3 Å². The molecule has 1 aromatic heterocycles. The van der Waals surface area contributed by atoms with Gasteiger partial charge in [0.1, 0.15) is 5.76 Å². The first-order chi connectivity index (χ1) is 6.24. The molecule has 0 radical (unpaired) electrons. The van der Waals surface area contributed by atoms with Gasteiger partial charge in [-0.25, -0.2) is 0 Å². The molecule has 4 nitrogen and oxygen atoms in total. The molecule has 1 rings (SSSR count). The van der Waals surface area contributed by atoms with Crippen molar-refractivity contribution in [3.05, 3.63) is 24.2 Å². The number of nitrogens with one attached hydrogen (secondary N) is 2. The lowest BCUT2D eigenvalue weighted by Crippen LogP contribution is -2.32. The van der Waals surface area contributed by atoms with E-state index >= 15 is 0 Å². The second kappa shape index (κ2) is 4.67. The zero-order valence-electron chi connectivity index (χ0n) is 7.83. The Morgan fingerprint density at radius 3 is 3.00 bits per heavy atom. The van der Waals surface area contributed by atoms with E-state index in [2.05, 4.69) is 10.6 Å². The van der Waals surface area contributed by atoms with Crippen LogP contribution in [0.2, 0.25) is 0 Å². The molecule has 0 bridgehead atoms. The van der Waals surface area contributed by atoms with Crippen LogP contribution in [0.4, 0.5) is 0 Å². The van der Waals surface area contributed by atoms with E-state index in [0.717, 1.165) is 5.76 Å². The molecule has 1 aromatic rings. The van der Waals surface area contributed by atoms with Crippen LogP contribution < -0.4 is 10.6 Å². The van der Waals surface area contributed by atoms with Crippen LogP contribution in [-0.2, 0) is 4.79 Å². The Bertz CT molecular complexity index is 257. The average molecular weight is 182 g/mol. The van der Waals surface area contributed by atoms with Gasteiger partial charge in [0.25, 0.3) is 0 Å². The van der Waals surface area contributed by atoms with Gasteiger partial charge in [0.05, 0.1) is 18.8 Å². The van der Waals surface area contributed by atoms with Gasteiger partial charge in [-0.05, 0) is 19.1 Å². The minimum Gasteiger partial charge on any atom is -0.468 e. The Morgan fingerprint density at radius 2 is 2.46 bits per heavy atom. The lowest BCUT2D eigenvalue weighted by molar-refractivity contribution is -0.119. The van der Waals surface area contributed by atoms with E-state index < -0.39 is 0 Å². The monoisotopic (exact) mass is 182 g/mol. The molecule has 1 heterocycles. The second-order valence-electron chi connectivity index (χ2n) is 2.79. The molecule has 0 aromatic carbocycles. The summed E-state index contributed by atoms with van der Waals surface area (Å²) in [5.74, 6) is 0.808. The first-order valence-corrected chi connectivity index (χ1v) is 4.21. The van der Waals surface area contributed by atoms with Gasteiger partial charge in [0, 0.05) is 7.05 Å². The van der Waals surface area contributed by atoms with Crippen LogP contribution in [0, 0.1) is 0 Å². The number of carbonyl (C=O) groups excluding carboxylic acids is 1. The molecule has 0 aliphatic carbocycles. The zero-order valence-corrected chi connectivity index (χ0v) is 7.83. The summed E-state index contributed by atoms with van der Waals surface area (Å²) in [5.41, 5.74) is 0. The third kappa shape index (κ3) is 2.91. The molecule has 0 saturated heterocycles. The first kappa shape index (κ1) is 9.80. The molecule has 4 heteroatoms. The molecule has 1 amide bonds. The summed E-state index contributed by atoms with van der Waals surface area (Å²) in [6.45, 7) is 2.25. The highest BCUT2D eigenvalue weighted by Crippen LogP contribution is 2.11. The van der Waals surface area contributed by atoms with Crippen molar-refractivity contribution in [1.29, 1.82) is 0 Å². The quantitative estimate of drug-likeness (QED) is 0.719. The summed E-state index contributed by atoms with van der Waals surface area (Å²) in [5, 5.41) is 5.56. The van der Waals surface area contributed by atoms with Crippen LogP contribution >= 0.6 is 0 Å². The standard InChI is InChI=1S/C9H14N2O2/c1-7(8-4-3-5-13-8)11-6-9(12)10-2/h3-5,7,11H,6H2,1-2H3,(H,10,12)/t7-/m0/s1. The Hall–Kier alpha value is -1.29. The summed E-state index contributed by atoms with van der Waals surface area (Å²) in [6, 6.07) is 3.77. The molecule has 0 spiro atoms. The molecule has 0 aliphatic rings. The van der Waals surface area contributed by atoms with Gasteiger partial charge >= 0.3 is 0 Å². The van der Waals surface area contributed by atoms with E-state index in [1.807, 2.05) is 19.1 Å². The second-order valence-corrected chi connectivity index (χ2v) is 2.79. The van der Waals surface area contributed by atoms with Crippen molar-refractivity contribution in [3.63, 3.8) is 0 Å². The van der Waals surface area contributed by atoms with Crippen LogP contribution in [0.1, 0.15) is 18.7 Å². The maximum absolute atomic E-state index is 10.9. The largest absolute Gasteiger partial charge is 0.468 e. The van der Waals surface area contributed by atoms with Crippen molar-refractivity contribution in [2.45, 2.75) is 13.0 Å². The van der Waals surface area contributed by atoms with Crippen LogP contribution in [0.15, 0.2) is 22.8 Å². The Balaban J connectivity index is 2.34. The minimum absolute atomic E-state index is 0.0293. The highest BCUT2D eigenvalue weighted by atomic mass is 16.3. The van der Waals surface area contributed by atoms with Crippen molar-refractivity contribution in [1.82, 2.24) is 10.6 Å². The van der Waals surface area contributed by atoms with E-state index in [0.29, 0.717) is 6.54 Å². The number of carbonyl (C=O) groups is 1. The van der Waals surface area contributed by atoms with Crippen molar-refractivity contribution >= 4 is 5.91 Å². The summed E-state index contributed by atoms with van der Waals surface area (Å²) >= 11 is 0. The Labute approximate surface area is 77.3 Å². The molecular formula is C9H14N2O2. The number of hydrogen-bond donors (Lipinski definition) is 2. The highest BCUT2D eigenvalue weighted by molar-refractivity contribution is 5.77. The summed E-state index contributed by atoms with van der Waals surface area (Å²) < 4.78 is 5.17. The predicted molar refractivity (Wildman–Crippen MR) is 49.2 cm³/mol. The number of rotatable bonds is 4. The van der Waals surface area contributed by atoms with E-state index in [4.69, 9.17) is 4.42 Å². The lowest BCUT2D eigenvalue weighted by Gasteiger charge is -2.09. The lowest BCUT2D eigenvalue weighted by atomic mass is 10.2. The SMILES string of the molecule is CNC(=O)CN[C@@H](C)c1ccco1. The van der Waals surface area contributed by atoms with Gasteiger partial charge in [0.2, 0.25) is 5.91 Å². The summed E-state index contributed by atoms with van der Waals surface area (Å²) in [7, 11) is 1.61. The van der Waals surface area contributed by atoms with Gasteiger partial charge in [-0.2, -0.15) is 0 Å². The maximum atomic E-state index is 10.9. The molecule has 1 atom stereocenters. The minimum atomic E-state index is -0.0293. The van der Waals surface area contributed by atoms with Crippen LogP contribution in [-0.4, -0.2) is 19.5 Å². The molecule has 13 heavy (non-hydrogen) atoms. The number of furan rings is 1. The zero-order chi connectivity index (χ0) is 9.68. The fourth-order valence-corrected chi connectivity index (χ4v) is 0.972. The van der Waals surface area contributed by atoms with Crippen molar-refractivity contribution in [3.8, 4) is 0 Å². The number of likely N-dealkylation sites (N-methyl/N-ethyl adjacent to an activating group) is 1. The van der Waals surface area contributed by atoms with Gasteiger partial charge in [-0.15, -0.1) is 0 Å². The van der Waals surface area contributed by atoms with E-state index in [-0.39, 0.29) is 11.9 Å². The molecule has 0 saturated carbocycles. The first-order valence-electron chi connectivity index (χ1n) is 4.21. The molecular weight excluding hydrogens is 168 g/mol. The molecule has 0 unspecified atom stereocenters. The number of amides is 1. The van der Waals surface area contributed by atoms with Crippen LogP contribution in [0.25, 0.3) is 0 Å². The van der Waals surface area contributed by atoms with Crippen molar-refractivity contribution < 1.29 is 9.21 Å². The Kier molecular flexibility index (Phi) is 3.52. The maximum Gasteiger partial charge on any atom is 0.233 e. The molecule has 2 N–H and O–H groups in total. The van der Waals surface area contributed by atoms with E-state index in [9.17, 15) is 4.79 Å². The smallest absolute Gasteiger partial charge is 0.233 e. The van der Waals surface area contributed by atoms with Crippen LogP contribution in [0.3, 0.4) is 0 Å². The molecule has 0 fully saturated rings. The topological polar surface area (TPSA) is 54.3 Å². The van der Waals surface area contributed by atoms with Crippen molar-refractivity contribution in [2.24, 2.45) is 0 Å². The fraction of sp³-hybridized carbons (Fsp3) is 0.444. The highest BCUT2D eigenvalue weighted by Gasteiger charge is 2.08. The van der Waals surface area contributed by atoms with Gasteiger partial charge in [0.15, 0.2) is 0 Å². The average Bonchev–Trinajstić information content (AvgIpc) is 2.66. The Morgan fingerprint density at radius 1 is 1.69 bits per heavy atom. The van der Waals surface area contributed by atoms with Gasteiger partial charge < -0.3 is 9.73 Å². The normalized spacial score (nSPS) is 12.5. The van der Waals surface area contributed by atoms with Crippen LogP contribution in [0.5, 0.6) is 0 Å². The number of hydrogen-bond acceptors (Lipinski definition) is 3. The summed E-state index contributed by atoms with van der Waals surface area (Å²) in [6.07, 6.45) is 1.62. The third-order valence-electron chi connectivity index (χ3n) is 1.82. The molecule has 0 aliphatic heterocycles. The fourth-order valence-electron chi connectivity index (χ4n) is 0.972. The van der Waals surface area contributed by atoms with E-state index in [1.165, 1.54) is 0 Å². The molecule has 72 valence electrons. The third-order valence-corrected chi connectivity index (χ3v) is 1.82.